The Hall–Kier alpha value is -8.00. The highest BCUT2D eigenvalue weighted by atomic mass is 16.5. The summed E-state index contributed by atoms with van der Waals surface area (Å²) < 4.78 is 5.90. The summed E-state index contributed by atoms with van der Waals surface area (Å²) in [6.07, 6.45) is 4.09. The van der Waals surface area contributed by atoms with Crippen LogP contribution < -0.4 is 31.3 Å². The molecule has 2 fully saturated rings. The maximum absolute atomic E-state index is 13.8. The number of piperazine rings is 1. The molecular formula is C73H95N9O9. The third kappa shape index (κ3) is 20.8. The fourth-order valence-corrected chi connectivity index (χ4v) is 12.7. The lowest BCUT2D eigenvalue weighted by Gasteiger charge is -2.42. The molecule has 0 radical (unpaired) electrons. The highest BCUT2D eigenvalue weighted by Crippen LogP contribution is 2.32. The zero-order valence-electron chi connectivity index (χ0n) is 54.0. The molecule has 3 heterocycles. The van der Waals surface area contributed by atoms with E-state index in [1.54, 1.807) is 11.1 Å². The van der Waals surface area contributed by atoms with Gasteiger partial charge in [-0.3, -0.25) is 34.0 Å². The Bertz CT molecular complexity index is 3260. The molecule has 486 valence electrons. The number of ether oxygens (including phenoxy) is 1. The molecule has 1 aliphatic carbocycles. The van der Waals surface area contributed by atoms with E-state index in [0.29, 0.717) is 64.2 Å². The Morgan fingerprint density at radius 2 is 1.35 bits per heavy atom. The van der Waals surface area contributed by atoms with E-state index >= 15 is 0 Å². The van der Waals surface area contributed by atoms with Crippen LogP contribution >= 0.6 is 0 Å². The number of nitrogens with zero attached hydrogens (tertiary/aromatic N) is 4. The number of hydrogen-bond donors (Lipinski definition) is 8. The van der Waals surface area contributed by atoms with Gasteiger partial charge in [-0.15, -0.1) is 0 Å². The first kappa shape index (κ1) is 68.9. The van der Waals surface area contributed by atoms with Gasteiger partial charge in [-0.2, -0.15) is 0 Å². The molecule has 3 aliphatic rings. The van der Waals surface area contributed by atoms with Crippen molar-refractivity contribution in [2.45, 2.75) is 154 Å². The zero-order chi connectivity index (χ0) is 65.0. The lowest BCUT2D eigenvalue weighted by Crippen LogP contribution is -2.61. The van der Waals surface area contributed by atoms with Crippen LogP contribution in [-0.4, -0.2) is 159 Å². The minimum absolute atomic E-state index is 0.0712. The van der Waals surface area contributed by atoms with E-state index in [4.69, 9.17) is 4.74 Å². The predicted molar refractivity (Wildman–Crippen MR) is 354 cm³/mol. The molecule has 91 heavy (non-hydrogen) atoms. The van der Waals surface area contributed by atoms with Crippen molar-refractivity contribution in [3.8, 4) is 5.75 Å². The van der Waals surface area contributed by atoms with Crippen molar-refractivity contribution in [3.63, 3.8) is 0 Å². The monoisotopic (exact) mass is 1240 g/mol. The summed E-state index contributed by atoms with van der Waals surface area (Å²) in [5, 5.41) is 49.2. The molecule has 5 aromatic carbocycles. The molecule has 9 rings (SSSR count). The van der Waals surface area contributed by atoms with Gasteiger partial charge in [0.15, 0.2) is 6.61 Å². The number of para-hydroxylation sites is 1. The molecule has 2 aliphatic heterocycles. The van der Waals surface area contributed by atoms with Gasteiger partial charge in [-0.05, 0) is 130 Å². The van der Waals surface area contributed by atoms with Crippen molar-refractivity contribution in [1.29, 1.82) is 0 Å². The van der Waals surface area contributed by atoms with Crippen LogP contribution in [0.25, 0.3) is 0 Å². The van der Waals surface area contributed by atoms with Crippen LogP contribution in [0.2, 0.25) is 0 Å². The molecule has 8 N–H and O–H groups in total. The molecule has 0 unspecified atom stereocenters. The summed E-state index contributed by atoms with van der Waals surface area (Å²) in [4.78, 5) is 77.2. The molecule has 0 spiro atoms. The molecule has 1 aromatic heterocycles. The van der Waals surface area contributed by atoms with E-state index in [1.807, 2.05) is 200 Å². The lowest BCUT2D eigenvalue weighted by molar-refractivity contribution is -0.132. The Labute approximate surface area is 537 Å². The van der Waals surface area contributed by atoms with Crippen molar-refractivity contribution < 1.29 is 44.0 Å². The summed E-state index contributed by atoms with van der Waals surface area (Å²) in [5.41, 5.74) is 7.52. The Morgan fingerprint density at radius 1 is 0.725 bits per heavy atom. The number of β-amino-alcohol motifs (C(OH)–C–C–N with tert-alkyl or cyclic N) is 1. The predicted octanol–water partition coefficient (Wildman–Crippen LogP) is 7.20. The number of benzene rings is 5. The molecular weight excluding hydrogens is 1150 g/mol. The van der Waals surface area contributed by atoms with Crippen molar-refractivity contribution in [2.75, 3.05) is 45.9 Å². The van der Waals surface area contributed by atoms with Gasteiger partial charge >= 0.3 is 6.03 Å². The Kier molecular flexibility index (Phi) is 25.3. The largest absolute Gasteiger partial charge is 0.483 e. The maximum Gasteiger partial charge on any atom is 0.318 e. The third-order valence-electron chi connectivity index (χ3n) is 17.1. The molecule has 6 aromatic rings. The number of pyridine rings is 1. The van der Waals surface area contributed by atoms with Crippen molar-refractivity contribution >= 4 is 29.7 Å². The van der Waals surface area contributed by atoms with Crippen LogP contribution in [0.3, 0.4) is 0 Å². The number of nitrogens with one attached hydrogen (secondary N) is 5. The van der Waals surface area contributed by atoms with Gasteiger partial charge in [-0.1, -0.05) is 153 Å². The second-order valence-electron chi connectivity index (χ2n) is 26.1. The van der Waals surface area contributed by atoms with Gasteiger partial charge < -0.3 is 51.5 Å². The number of urea groups is 1. The highest BCUT2D eigenvalue weighted by Gasteiger charge is 2.39. The Morgan fingerprint density at radius 3 is 1.98 bits per heavy atom. The maximum atomic E-state index is 13.8. The van der Waals surface area contributed by atoms with E-state index < -0.39 is 60.0 Å². The Balaban J connectivity index is 0.000000235. The summed E-state index contributed by atoms with van der Waals surface area (Å²) in [5.74, 6) is -0.831. The number of hydrogen-bond acceptors (Lipinski definition) is 12. The van der Waals surface area contributed by atoms with Gasteiger partial charge in [0.05, 0.1) is 30.4 Å². The van der Waals surface area contributed by atoms with Crippen molar-refractivity contribution in [2.24, 2.45) is 11.8 Å². The van der Waals surface area contributed by atoms with Crippen LogP contribution in [-0.2, 0) is 51.4 Å². The number of aliphatic hydroxyl groups excluding tert-OH is 3. The highest BCUT2D eigenvalue weighted by molar-refractivity contribution is 5.88. The van der Waals surface area contributed by atoms with E-state index in [9.17, 15) is 39.3 Å². The average molecular weight is 1240 g/mol. The minimum atomic E-state index is -0.992. The summed E-state index contributed by atoms with van der Waals surface area (Å²) >= 11 is 0. The summed E-state index contributed by atoms with van der Waals surface area (Å²) in [6.45, 7) is 17.4. The van der Waals surface area contributed by atoms with Crippen LogP contribution in [0.1, 0.15) is 104 Å². The average Bonchev–Trinajstić information content (AvgIpc) is 2.01. The second kappa shape index (κ2) is 33.4. The number of carbonyl (C=O) groups is 5. The fourth-order valence-electron chi connectivity index (χ4n) is 12.7. The first-order valence-electron chi connectivity index (χ1n) is 32.2. The van der Waals surface area contributed by atoms with Crippen molar-refractivity contribution in [1.82, 2.24) is 46.3 Å². The second-order valence-corrected chi connectivity index (χ2v) is 26.1. The number of rotatable bonds is 26. The standard InChI is InChI=1S/C37H48N4O5.C36H47N5O4/c1-25(2)34(41-20-12-19-38-37(41)45)36(44)39-30(21-28-15-7-5-8-16-28)23-32(42)31(22-29-17-9-6-10-18-29)40-33(43)24-46-35-26(3)13-11-14-27(35)4;1-36(2,3)39-35(45)31-24-40(22-26-12-9-15-37-21-26)16-17-41(31)23-29(42)19-28(18-25-10-5-4-6-11-25)34(44)38-33-30-14-8-7-13-27(30)20-32(33)43/h5-11,13-18,25,30-32,34,42H,12,19-24H2,1-4H3,(H,38,45)(H,39,44)(H,40,43);4-15,21,28-29,31-33,42-43H,16-20,22-24H2,1-3H3,(H,38,44)(H,39,45)/t30-,31-,32-,34-;28-,29+,31+,32-,33+/m01/s1. The first-order chi connectivity index (χ1) is 43.7. The van der Waals surface area contributed by atoms with Crippen LogP contribution in [0.4, 0.5) is 4.79 Å². The minimum Gasteiger partial charge on any atom is -0.483 e. The number of fused-ring (bicyclic) bond motifs is 1. The number of carbonyl (C=O) groups excluding carboxylic acids is 5. The smallest absolute Gasteiger partial charge is 0.318 e. The number of aryl methyl sites for hydroxylation is 2. The molecule has 9 atom stereocenters. The molecule has 18 nitrogen and oxygen atoms in total. The fraction of sp³-hybridized carbons (Fsp3) is 0.452. The molecule has 18 heteroatoms. The first-order valence-corrected chi connectivity index (χ1v) is 32.2. The van der Waals surface area contributed by atoms with Gasteiger partial charge in [0, 0.05) is 82.1 Å². The topological polar surface area (TPSA) is 238 Å². The van der Waals surface area contributed by atoms with E-state index in [2.05, 4.69) is 41.4 Å². The summed E-state index contributed by atoms with van der Waals surface area (Å²) in [7, 11) is 0. The third-order valence-corrected chi connectivity index (χ3v) is 17.1. The molecule has 6 amide bonds. The number of amides is 6. The summed E-state index contributed by atoms with van der Waals surface area (Å²) in [6, 6.07) is 43.9. The lowest BCUT2D eigenvalue weighted by atomic mass is 9.91. The van der Waals surface area contributed by atoms with Gasteiger partial charge in [0.1, 0.15) is 17.8 Å². The number of aliphatic hydroxyl groups is 3. The van der Waals surface area contributed by atoms with Crippen LogP contribution in [0.15, 0.2) is 158 Å². The normalized spacial score (nSPS) is 18.8. The quantitative estimate of drug-likeness (QED) is 0.0269. The number of aromatic nitrogens is 1. The molecule has 0 bridgehead atoms. The van der Waals surface area contributed by atoms with E-state index in [-0.39, 0.29) is 61.6 Å². The molecule has 2 saturated heterocycles. The zero-order valence-corrected chi connectivity index (χ0v) is 54.0. The van der Waals surface area contributed by atoms with Gasteiger partial charge in [-0.25, -0.2) is 4.79 Å². The van der Waals surface area contributed by atoms with E-state index in [1.165, 1.54) is 0 Å². The van der Waals surface area contributed by atoms with Gasteiger partial charge in [0.25, 0.3) is 5.91 Å². The molecule has 0 saturated carbocycles. The van der Waals surface area contributed by atoms with Gasteiger partial charge in [0.2, 0.25) is 17.7 Å². The van der Waals surface area contributed by atoms with Crippen LogP contribution in [0, 0.1) is 25.7 Å². The van der Waals surface area contributed by atoms with Crippen LogP contribution in [0.5, 0.6) is 5.75 Å². The van der Waals surface area contributed by atoms with E-state index in [0.717, 1.165) is 57.5 Å². The SMILES string of the molecule is CC(C)(C)NC(=O)[C@@H]1CN(Cc2cccnc2)CCN1C[C@@H](O)C[C@@H](Cc1ccccc1)C(=O)N[C@H]1c2ccccc2C[C@H]1O.Cc1cccc(C)c1OCC(=O)N[C@@H](Cc1ccccc1)[C@@H](O)C[C@H](Cc1ccccc1)NC(=O)[C@H](C(C)C)N1CCCNC1=O. The van der Waals surface area contributed by atoms with Crippen molar-refractivity contribution in [3.05, 3.63) is 202 Å².